The van der Waals surface area contributed by atoms with Gasteiger partial charge in [-0.2, -0.15) is 0 Å². The summed E-state index contributed by atoms with van der Waals surface area (Å²) in [5.41, 5.74) is 0. The first-order valence-electron chi connectivity index (χ1n) is 7.02. The Labute approximate surface area is 134 Å². The van der Waals surface area contributed by atoms with Gasteiger partial charge in [-0.05, 0) is 61.9 Å². The molecule has 0 saturated carbocycles. The molecule has 2 rings (SSSR count). The monoisotopic (exact) mass is 376 g/mol. The van der Waals surface area contributed by atoms with E-state index in [9.17, 15) is 8.42 Å². The Morgan fingerprint density at radius 1 is 1.43 bits per heavy atom. The van der Waals surface area contributed by atoms with Gasteiger partial charge in [0, 0.05) is 23.3 Å². The van der Waals surface area contributed by atoms with Crippen LogP contribution in [0.4, 0.5) is 5.82 Å². The number of pyridine rings is 1. The minimum absolute atomic E-state index is 0.0142. The predicted octanol–water partition coefficient (Wildman–Crippen LogP) is 1.65. The standard InChI is InChI=1S/C13H21BrN4O2S/c1-3-15-13-12(8-10(14)9-16-13)21(19,20)17-11-4-6-18(2)7-5-11/h8-9,11,17H,3-7H2,1-2H3,(H,15,16). The number of rotatable bonds is 5. The van der Waals surface area contributed by atoms with Crippen LogP contribution in [0.3, 0.4) is 0 Å². The van der Waals surface area contributed by atoms with Crippen LogP contribution in [-0.4, -0.2) is 51.0 Å². The zero-order chi connectivity index (χ0) is 15.5. The molecule has 1 aliphatic heterocycles. The van der Waals surface area contributed by atoms with Gasteiger partial charge in [-0.3, -0.25) is 0 Å². The van der Waals surface area contributed by atoms with Crippen molar-refractivity contribution in [1.82, 2.24) is 14.6 Å². The van der Waals surface area contributed by atoms with Crippen LogP contribution in [0, 0.1) is 0 Å². The number of hydrogen-bond donors (Lipinski definition) is 2. The first kappa shape index (κ1) is 16.7. The van der Waals surface area contributed by atoms with Gasteiger partial charge in [-0.25, -0.2) is 18.1 Å². The van der Waals surface area contributed by atoms with Crippen LogP contribution in [0.2, 0.25) is 0 Å². The number of likely N-dealkylation sites (tertiary alicyclic amines) is 1. The molecule has 1 aromatic heterocycles. The molecular weight excluding hydrogens is 356 g/mol. The Balaban J connectivity index is 2.20. The van der Waals surface area contributed by atoms with Crippen LogP contribution < -0.4 is 10.0 Å². The van der Waals surface area contributed by atoms with Gasteiger partial charge >= 0.3 is 0 Å². The van der Waals surface area contributed by atoms with Crippen molar-refractivity contribution in [3.05, 3.63) is 16.7 Å². The molecule has 118 valence electrons. The van der Waals surface area contributed by atoms with Gasteiger partial charge < -0.3 is 10.2 Å². The highest BCUT2D eigenvalue weighted by Crippen LogP contribution is 2.24. The van der Waals surface area contributed by atoms with Crippen LogP contribution >= 0.6 is 15.9 Å². The van der Waals surface area contributed by atoms with Crippen LogP contribution in [0.1, 0.15) is 19.8 Å². The lowest BCUT2D eigenvalue weighted by atomic mass is 10.1. The maximum Gasteiger partial charge on any atom is 0.244 e. The van der Waals surface area contributed by atoms with Crippen molar-refractivity contribution in [2.75, 3.05) is 32.0 Å². The van der Waals surface area contributed by atoms with Crippen molar-refractivity contribution >= 4 is 31.8 Å². The fourth-order valence-corrected chi connectivity index (χ4v) is 4.28. The molecule has 0 atom stereocenters. The van der Waals surface area contributed by atoms with Gasteiger partial charge in [0.15, 0.2) is 0 Å². The molecule has 0 spiro atoms. The number of anilines is 1. The first-order valence-corrected chi connectivity index (χ1v) is 9.30. The van der Waals surface area contributed by atoms with Gasteiger partial charge in [0.1, 0.15) is 10.7 Å². The second-order valence-corrected chi connectivity index (χ2v) is 7.83. The van der Waals surface area contributed by atoms with Crippen LogP contribution in [0.25, 0.3) is 0 Å². The predicted molar refractivity (Wildman–Crippen MR) is 86.9 cm³/mol. The van der Waals surface area contributed by atoms with Crippen molar-refractivity contribution in [2.24, 2.45) is 0 Å². The molecule has 1 fully saturated rings. The molecule has 0 bridgehead atoms. The van der Waals surface area contributed by atoms with E-state index >= 15 is 0 Å². The van der Waals surface area contributed by atoms with Crippen molar-refractivity contribution < 1.29 is 8.42 Å². The van der Waals surface area contributed by atoms with E-state index in [1.54, 1.807) is 12.3 Å². The first-order chi connectivity index (χ1) is 9.92. The topological polar surface area (TPSA) is 74.3 Å². The lowest BCUT2D eigenvalue weighted by molar-refractivity contribution is 0.248. The molecule has 6 nitrogen and oxygen atoms in total. The third-order valence-electron chi connectivity index (χ3n) is 3.49. The van der Waals surface area contributed by atoms with Gasteiger partial charge in [0.2, 0.25) is 10.0 Å². The number of nitrogens with one attached hydrogen (secondary N) is 2. The Kier molecular flexibility index (Phi) is 5.59. The summed E-state index contributed by atoms with van der Waals surface area (Å²) in [5, 5.41) is 2.99. The van der Waals surface area contributed by atoms with E-state index in [1.807, 2.05) is 14.0 Å². The molecule has 0 aliphatic carbocycles. The molecule has 0 aromatic carbocycles. The average molecular weight is 377 g/mol. The molecule has 2 N–H and O–H groups in total. The summed E-state index contributed by atoms with van der Waals surface area (Å²) in [7, 11) is -1.53. The third-order valence-corrected chi connectivity index (χ3v) is 5.46. The summed E-state index contributed by atoms with van der Waals surface area (Å²) in [4.78, 5) is 6.55. The van der Waals surface area contributed by atoms with Crippen LogP contribution in [0.5, 0.6) is 0 Å². The molecule has 0 radical (unpaired) electrons. The Bertz CT molecular complexity index is 586. The lowest BCUT2D eigenvalue weighted by Crippen LogP contribution is -2.43. The SMILES string of the molecule is CCNc1ncc(Br)cc1S(=O)(=O)NC1CCN(C)CC1. The lowest BCUT2D eigenvalue weighted by Gasteiger charge is -2.29. The summed E-state index contributed by atoms with van der Waals surface area (Å²) in [5.74, 6) is 0.390. The van der Waals surface area contributed by atoms with Crippen molar-refractivity contribution in [2.45, 2.75) is 30.7 Å². The second-order valence-electron chi connectivity index (χ2n) is 5.23. The van der Waals surface area contributed by atoms with E-state index < -0.39 is 10.0 Å². The average Bonchev–Trinajstić information content (AvgIpc) is 2.43. The zero-order valence-electron chi connectivity index (χ0n) is 12.3. The summed E-state index contributed by atoms with van der Waals surface area (Å²) >= 11 is 3.28. The zero-order valence-corrected chi connectivity index (χ0v) is 14.7. The van der Waals surface area contributed by atoms with E-state index in [2.05, 4.69) is 35.9 Å². The van der Waals surface area contributed by atoms with E-state index in [0.29, 0.717) is 16.8 Å². The Morgan fingerprint density at radius 2 is 2.10 bits per heavy atom. The highest BCUT2D eigenvalue weighted by molar-refractivity contribution is 9.10. The number of halogens is 1. The molecule has 21 heavy (non-hydrogen) atoms. The smallest absolute Gasteiger partial charge is 0.244 e. The summed E-state index contributed by atoms with van der Waals surface area (Å²) in [6, 6.07) is 1.57. The van der Waals surface area contributed by atoms with E-state index in [1.165, 1.54) is 0 Å². The largest absolute Gasteiger partial charge is 0.369 e. The Hall–Kier alpha value is -0.700. The third kappa shape index (κ3) is 4.38. The summed E-state index contributed by atoms with van der Waals surface area (Å²) in [6.07, 6.45) is 3.24. The van der Waals surface area contributed by atoms with Crippen molar-refractivity contribution in [1.29, 1.82) is 0 Å². The number of nitrogens with zero attached hydrogens (tertiary/aromatic N) is 2. The van der Waals surface area contributed by atoms with Crippen molar-refractivity contribution in [3.63, 3.8) is 0 Å². The summed E-state index contributed by atoms with van der Waals surface area (Å²) < 4.78 is 28.7. The van der Waals surface area contributed by atoms with Gasteiger partial charge in [0.25, 0.3) is 0 Å². The fourth-order valence-electron chi connectivity index (χ4n) is 2.34. The number of sulfonamides is 1. The van der Waals surface area contributed by atoms with Crippen LogP contribution in [0.15, 0.2) is 21.6 Å². The molecule has 0 unspecified atom stereocenters. The number of piperidine rings is 1. The molecular formula is C13H21BrN4O2S. The molecule has 0 amide bonds. The van der Waals surface area contributed by atoms with E-state index in [0.717, 1.165) is 25.9 Å². The van der Waals surface area contributed by atoms with Gasteiger partial charge in [-0.15, -0.1) is 0 Å². The quantitative estimate of drug-likeness (QED) is 0.816. The van der Waals surface area contributed by atoms with Crippen molar-refractivity contribution in [3.8, 4) is 0 Å². The molecule has 1 saturated heterocycles. The highest BCUT2D eigenvalue weighted by Gasteiger charge is 2.26. The van der Waals surface area contributed by atoms with Gasteiger partial charge in [0.05, 0.1) is 0 Å². The normalized spacial score (nSPS) is 17.9. The minimum Gasteiger partial charge on any atom is -0.369 e. The minimum atomic E-state index is -3.58. The van der Waals surface area contributed by atoms with E-state index in [-0.39, 0.29) is 10.9 Å². The summed E-state index contributed by atoms with van der Waals surface area (Å²) in [6.45, 7) is 4.34. The second kappa shape index (κ2) is 7.04. The highest BCUT2D eigenvalue weighted by atomic mass is 79.9. The molecule has 1 aliphatic rings. The molecule has 2 heterocycles. The molecule has 1 aromatic rings. The number of aromatic nitrogens is 1. The maximum atomic E-state index is 12.6. The van der Waals surface area contributed by atoms with Crippen LogP contribution in [-0.2, 0) is 10.0 Å². The van der Waals surface area contributed by atoms with Gasteiger partial charge in [-0.1, -0.05) is 0 Å². The number of hydrogen-bond acceptors (Lipinski definition) is 5. The maximum absolute atomic E-state index is 12.6. The fraction of sp³-hybridized carbons (Fsp3) is 0.615. The molecule has 8 heteroatoms. The Morgan fingerprint density at radius 3 is 2.71 bits per heavy atom. The van der Waals surface area contributed by atoms with E-state index in [4.69, 9.17) is 0 Å².